The van der Waals surface area contributed by atoms with Crippen LogP contribution >= 0.6 is 0 Å². The summed E-state index contributed by atoms with van der Waals surface area (Å²) in [5.41, 5.74) is 0.665. The highest BCUT2D eigenvalue weighted by Gasteiger charge is 2.36. The predicted molar refractivity (Wildman–Crippen MR) is 57.3 cm³/mol. The number of hydrogen-bond acceptors (Lipinski definition) is 5. The lowest BCUT2D eigenvalue weighted by molar-refractivity contribution is -0.144. The molecule has 1 atom stereocenters. The maximum atomic E-state index is 12.5. The van der Waals surface area contributed by atoms with E-state index in [0.29, 0.717) is 18.7 Å². The number of nitrogens with zero attached hydrogens (tertiary/aromatic N) is 4. The van der Waals surface area contributed by atoms with Crippen LogP contribution in [0.1, 0.15) is 17.5 Å². The Hall–Kier alpha value is -1.74. The molecule has 6 nitrogen and oxygen atoms in total. The van der Waals surface area contributed by atoms with E-state index >= 15 is 0 Å². The smallest absolute Gasteiger partial charge is 0.371 e. The summed E-state index contributed by atoms with van der Waals surface area (Å²) in [4.78, 5) is 7.20. The average Bonchev–Trinajstić information content (AvgIpc) is 2.82. The summed E-state index contributed by atoms with van der Waals surface area (Å²) in [5, 5.41) is 6.51. The molecule has 1 saturated heterocycles. The Morgan fingerprint density at radius 3 is 2.95 bits per heavy atom. The molecular weight excluding hydrogens is 263 g/mol. The van der Waals surface area contributed by atoms with Crippen LogP contribution in [-0.4, -0.2) is 39.3 Å². The van der Waals surface area contributed by atoms with E-state index in [1.807, 2.05) is 0 Å². The van der Waals surface area contributed by atoms with Crippen LogP contribution in [0, 0.1) is 0 Å². The largest absolute Gasteiger partial charge is 0.453 e. The monoisotopic (exact) mass is 273 g/mol. The molecule has 0 spiro atoms. The summed E-state index contributed by atoms with van der Waals surface area (Å²) in [6.07, 6.45) is -1.88. The molecule has 1 fully saturated rings. The Labute approximate surface area is 105 Å². The maximum absolute atomic E-state index is 12.5. The molecule has 0 aliphatic carbocycles. The summed E-state index contributed by atoms with van der Waals surface area (Å²) in [6, 6.07) is 0. The maximum Gasteiger partial charge on any atom is 0.453 e. The number of aromatic nitrogens is 4. The van der Waals surface area contributed by atoms with Crippen molar-refractivity contribution in [1.82, 2.24) is 24.9 Å². The molecule has 1 unspecified atom stereocenters. The van der Waals surface area contributed by atoms with Crippen LogP contribution in [0.2, 0.25) is 0 Å². The highest BCUT2D eigenvalue weighted by atomic mass is 19.4. The SMILES string of the molecule is FC(F)(F)c1nc2ncc(C3CNCCO3)cn2n1. The molecule has 1 aliphatic rings. The van der Waals surface area contributed by atoms with Crippen LogP contribution in [-0.2, 0) is 10.9 Å². The van der Waals surface area contributed by atoms with E-state index < -0.39 is 12.0 Å². The summed E-state index contributed by atoms with van der Waals surface area (Å²) in [7, 11) is 0. The summed E-state index contributed by atoms with van der Waals surface area (Å²) in [6.45, 7) is 1.90. The lowest BCUT2D eigenvalue weighted by Gasteiger charge is -2.23. The molecule has 1 N–H and O–H groups in total. The van der Waals surface area contributed by atoms with Crippen molar-refractivity contribution in [1.29, 1.82) is 0 Å². The molecule has 3 heterocycles. The van der Waals surface area contributed by atoms with Crippen LogP contribution < -0.4 is 5.32 Å². The third kappa shape index (κ3) is 2.38. The Morgan fingerprint density at radius 1 is 1.42 bits per heavy atom. The number of ether oxygens (including phenoxy) is 1. The third-order valence-corrected chi connectivity index (χ3v) is 2.77. The minimum Gasteiger partial charge on any atom is -0.371 e. The molecule has 0 bridgehead atoms. The van der Waals surface area contributed by atoms with Crippen LogP contribution in [0.5, 0.6) is 0 Å². The van der Waals surface area contributed by atoms with Crippen LogP contribution in [0.15, 0.2) is 12.4 Å². The van der Waals surface area contributed by atoms with Crippen molar-refractivity contribution in [3.63, 3.8) is 0 Å². The lowest BCUT2D eigenvalue weighted by Crippen LogP contribution is -2.33. The Balaban J connectivity index is 1.96. The number of nitrogens with one attached hydrogen (secondary N) is 1. The molecule has 2 aromatic rings. The normalized spacial score (nSPS) is 20.9. The van der Waals surface area contributed by atoms with Gasteiger partial charge in [-0.05, 0) is 0 Å². The second-order valence-corrected chi connectivity index (χ2v) is 4.13. The first kappa shape index (κ1) is 12.3. The van der Waals surface area contributed by atoms with Crippen molar-refractivity contribution in [2.75, 3.05) is 19.7 Å². The van der Waals surface area contributed by atoms with Crippen molar-refractivity contribution in [3.8, 4) is 0 Å². The zero-order valence-electron chi connectivity index (χ0n) is 9.68. The van der Waals surface area contributed by atoms with Crippen molar-refractivity contribution in [2.45, 2.75) is 12.3 Å². The fourth-order valence-corrected chi connectivity index (χ4v) is 1.86. The van der Waals surface area contributed by atoms with Crippen molar-refractivity contribution >= 4 is 5.78 Å². The molecule has 0 radical (unpaired) electrons. The minimum absolute atomic E-state index is 0.0835. The summed E-state index contributed by atoms with van der Waals surface area (Å²) >= 11 is 0. The van der Waals surface area contributed by atoms with Gasteiger partial charge in [0.2, 0.25) is 0 Å². The summed E-state index contributed by atoms with van der Waals surface area (Å²) in [5.74, 6) is -1.28. The van der Waals surface area contributed by atoms with E-state index in [-0.39, 0.29) is 11.9 Å². The Bertz CT molecular complexity index is 590. The number of morpholine rings is 1. The van der Waals surface area contributed by atoms with Crippen molar-refractivity contribution < 1.29 is 17.9 Å². The van der Waals surface area contributed by atoms with Gasteiger partial charge in [0.05, 0.1) is 12.7 Å². The molecule has 0 saturated carbocycles. The van der Waals surface area contributed by atoms with Gasteiger partial charge in [0.1, 0.15) is 0 Å². The average molecular weight is 273 g/mol. The van der Waals surface area contributed by atoms with E-state index in [9.17, 15) is 13.2 Å². The number of halogens is 3. The Kier molecular flexibility index (Phi) is 2.86. The molecular formula is C10H10F3N5O. The van der Waals surface area contributed by atoms with Gasteiger partial charge in [-0.3, -0.25) is 0 Å². The second-order valence-electron chi connectivity index (χ2n) is 4.13. The van der Waals surface area contributed by atoms with Gasteiger partial charge in [-0.25, -0.2) is 9.50 Å². The third-order valence-electron chi connectivity index (χ3n) is 2.77. The van der Waals surface area contributed by atoms with Gasteiger partial charge in [-0.1, -0.05) is 0 Å². The molecule has 102 valence electrons. The van der Waals surface area contributed by atoms with Gasteiger partial charge in [-0.15, -0.1) is 5.10 Å². The first-order valence-corrected chi connectivity index (χ1v) is 5.66. The number of rotatable bonds is 1. The van der Waals surface area contributed by atoms with Gasteiger partial charge in [0.25, 0.3) is 11.6 Å². The van der Waals surface area contributed by atoms with E-state index in [4.69, 9.17) is 4.74 Å². The van der Waals surface area contributed by atoms with E-state index in [1.54, 1.807) is 0 Å². The van der Waals surface area contributed by atoms with E-state index in [0.717, 1.165) is 11.1 Å². The highest BCUT2D eigenvalue weighted by molar-refractivity contribution is 5.29. The fraction of sp³-hybridized carbons (Fsp3) is 0.500. The lowest BCUT2D eigenvalue weighted by atomic mass is 10.2. The van der Waals surface area contributed by atoms with Gasteiger partial charge < -0.3 is 10.1 Å². The van der Waals surface area contributed by atoms with Crippen LogP contribution in [0.3, 0.4) is 0 Å². The van der Waals surface area contributed by atoms with Crippen LogP contribution in [0.4, 0.5) is 13.2 Å². The number of fused-ring (bicyclic) bond motifs is 1. The first-order chi connectivity index (χ1) is 9.04. The van der Waals surface area contributed by atoms with E-state index in [2.05, 4.69) is 20.4 Å². The molecule has 3 rings (SSSR count). The highest BCUT2D eigenvalue weighted by Crippen LogP contribution is 2.26. The molecule has 19 heavy (non-hydrogen) atoms. The van der Waals surface area contributed by atoms with Gasteiger partial charge in [0.15, 0.2) is 0 Å². The number of alkyl halides is 3. The quantitative estimate of drug-likeness (QED) is 0.832. The standard InChI is InChI=1S/C10H10F3N5O/c11-10(12,13)8-16-9-15-3-6(5-18(9)17-8)7-4-14-1-2-19-7/h3,5,7,14H,1-2,4H2. The molecule has 0 amide bonds. The Morgan fingerprint density at radius 2 is 2.26 bits per heavy atom. The molecule has 0 aromatic carbocycles. The molecule has 1 aliphatic heterocycles. The summed E-state index contributed by atoms with van der Waals surface area (Å²) < 4.78 is 44.0. The topological polar surface area (TPSA) is 64.3 Å². The molecule has 9 heteroatoms. The molecule has 2 aromatic heterocycles. The second kappa shape index (κ2) is 4.42. The van der Waals surface area contributed by atoms with E-state index in [1.165, 1.54) is 12.4 Å². The predicted octanol–water partition coefficient (Wildman–Crippen LogP) is 0.804. The van der Waals surface area contributed by atoms with Gasteiger partial charge >= 0.3 is 6.18 Å². The van der Waals surface area contributed by atoms with Gasteiger partial charge in [0, 0.05) is 31.0 Å². The minimum atomic E-state index is -4.57. The van der Waals surface area contributed by atoms with Crippen molar-refractivity contribution in [2.24, 2.45) is 0 Å². The number of hydrogen-bond donors (Lipinski definition) is 1. The fourth-order valence-electron chi connectivity index (χ4n) is 1.86. The van der Waals surface area contributed by atoms with Gasteiger partial charge in [-0.2, -0.15) is 18.2 Å². The van der Waals surface area contributed by atoms with Crippen LogP contribution in [0.25, 0.3) is 5.78 Å². The first-order valence-electron chi connectivity index (χ1n) is 5.66. The zero-order chi connectivity index (χ0) is 13.5. The zero-order valence-corrected chi connectivity index (χ0v) is 9.68. The van der Waals surface area contributed by atoms with Crippen molar-refractivity contribution in [3.05, 3.63) is 23.8 Å².